The summed E-state index contributed by atoms with van der Waals surface area (Å²) in [6.45, 7) is 5.37. The zero-order valence-corrected chi connectivity index (χ0v) is 13.5. The third kappa shape index (κ3) is 4.42. The summed E-state index contributed by atoms with van der Waals surface area (Å²) in [7, 11) is 0. The number of amides is 3. The third-order valence-corrected chi connectivity index (χ3v) is 3.76. The van der Waals surface area contributed by atoms with Crippen molar-refractivity contribution in [2.45, 2.75) is 37.1 Å². The van der Waals surface area contributed by atoms with Crippen molar-refractivity contribution in [1.29, 1.82) is 0 Å². The molecule has 1 aromatic carbocycles. The van der Waals surface area contributed by atoms with Crippen LogP contribution in [-0.4, -0.2) is 33.2 Å². The third-order valence-electron chi connectivity index (χ3n) is 2.75. The van der Waals surface area contributed by atoms with E-state index < -0.39 is 11.3 Å². The molecule has 2 rings (SSSR count). The van der Waals surface area contributed by atoms with Crippen LogP contribution >= 0.6 is 11.8 Å². The van der Waals surface area contributed by atoms with Gasteiger partial charge in [0.2, 0.25) is 5.91 Å². The zero-order chi connectivity index (χ0) is 16.1. The molecular weight excluding hydrogens is 300 g/mol. The standard InChI is InChI=1S/C15H18N4O2S/c1-9(2)17-15(21)19-14(20)10(3)22-13-8-16-11-6-4-5-7-12(11)18-13/h4-10H,1-3H3,(H2,17,19,20,21). The maximum Gasteiger partial charge on any atom is 0.321 e. The molecule has 0 bridgehead atoms. The number of fused-ring (bicyclic) bond motifs is 1. The Labute approximate surface area is 133 Å². The fourth-order valence-electron chi connectivity index (χ4n) is 1.74. The van der Waals surface area contributed by atoms with E-state index in [2.05, 4.69) is 20.6 Å². The summed E-state index contributed by atoms with van der Waals surface area (Å²) in [5, 5.41) is 5.11. The summed E-state index contributed by atoms with van der Waals surface area (Å²) < 4.78 is 0. The van der Waals surface area contributed by atoms with Gasteiger partial charge in [-0.2, -0.15) is 0 Å². The van der Waals surface area contributed by atoms with Crippen molar-refractivity contribution < 1.29 is 9.59 Å². The second kappa shape index (κ2) is 7.22. The maximum atomic E-state index is 12.0. The van der Waals surface area contributed by atoms with Crippen LogP contribution in [0.3, 0.4) is 0 Å². The number of nitrogens with one attached hydrogen (secondary N) is 2. The van der Waals surface area contributed by atoms with Gasteiger partial charge in [-0.25, -0.2) is 9.78 Å². The Kier molecular flexibility index (Phi) is 5.32. The number of hydrogen-bond donors (Lipinski definition) is 2. The fourth-order valence-corrected chi connectivity index (χ4v) is 2.54. The van der Waals surface area contributed by atoms with E-state index in [1.807, 2.05) is 38.1 Å². The summed E-state index contributed by atoms with van der Waals surface area (Å²) in [4.78, 5) is 32.2. The molecule has 7 heteroatoms. The van der Waals surface area contributed by atoms with Crippen molar-refractivity contribution in [3.63, 3.8) is 0 Å². The van der Waals surface area contributed by atoms with Crippen molar-refractivity contribution in [2.24, 2.45) is 0 Å². The van der Waals surface area contributed by atoms with Crippen molar-refractivity contribution in [1.82, 2.24) is 20.6 Å². The quantitative estimate of drug-likeness (QED) is 0.845. The van der Waals surface area contributed by atoms with Gasteiger partial charge in [-0.3, -0.25) is 15.1 Å². The Morgan fingerprint density at radius 2 is 1.82 bits per heavy atom. The minimum Gasteiger partial charge on any atom is -0.336 e. The van der Waals surface area contributed by atoms with E-state index >= 15 is 0 Å². The van der Waals surface area contributed by atoms with Gasteiger partial charge in [-0.15, -0.1) is 0 Å². The number of nitrogens with zero attached hydrogens (tertiary/aromatic N) is 2. The average Bonchev–Trinajstić information content (AvgIpc) is 2.46. The topological polar surface area (TPSA) is 84.0 Å². The number of rotatable bonds is 4. The van der Waals surface area contributed by atoms with E-state index in [9.17, 15) is 9.59 Å². The highest BCUT2D eigenvalue weighted by Gasteiger charge is 2.18. The monoisotopic (exact) mass is 318 g/mol. The van der Waals surface area contributed by atoms with Gasteiger partial charge >= 0.3 is 6.03 Å². The Morgan fingerprint density at radius 1 is 1.14 bits per heavy atom. The van der Waals surface area contributed by atoms with E-state index in [-0.39, 0.29) is 11.9 Å². The smallest absolute Gasteiger partial charge is 0.321 e. The molecule has 0 radical (unpaired) electrons. The Bertz CT molecular complexity index is 690. The lowest BCUT2D eigenvalue weighted by Crippen LogP contribution is -2.45. The lowest BCUT2D eigenvalue weighted by Gasteiger charge is -2.13. The molecule has 0 aliphatic heterocycles. The van der Waals surface area contributed by atoms with Crippen LogP contribution in [0.15, 0.2) is 35.5 Å². The first-order valence-electron chi connectivity index (χ1n) is 6.95. The number of carbonyl (C=O) groups excluding carboxylic acids is 2. The molecule has 1 unspecified atom stereocenters. The molecule has 0 saturated heterocycles. The minimum atomic E-state index is -0.489. The molecule has 1 atom stereocenters. The number of para-hydroxylation sites is 2. The molecule has 0 fully saturated rings. The lowest BCUT2D eigenvalue weighted by molar-refractivity contribution is -0.119. The Morgan fingerprint density at radius 3 is 2.50 bits per heavy atom. The van der Waals surface area contributed by atoms with Crippen LogP contribution in [0.1, 0.15) is 20.8 Å². The first-order chi connectivity index (χ1) is 10.5. The Balaban J connectivity index is 1.99. The predicted molar refractivity (Wildman–Crippen MR) is 86.7 cm³/mol. The second-order valence-corrected chi connectivity index (χ2v) is 6.44. The number of benzene rings is 1. The van der Waals surface area contributed by atoms with Gasteiger partial charge in [0.1, 0.15) is 5.03 Å². The first-order valence-corrected chi connectivity index (χ1v) is 7.83. The number of thioether (sulfide) groups is 1. The maximum absolute atomic E-state index is 12.0. The molecule has 1 aromatic heterocycles. The molecule has 6 nitrogen and oxygen atoms in total. The highest BCUT2D eigenvalue weighted by Crippen LogP contribution is 2.22. The van der Waals surface area contributed by atoms with E-state index in [0.29, 0.717) is 5.03 Å². The van der Waals surface area contributed by atoms with E-state index in [1.165, 1.54) is 11.8 Å². The molecule has 0 aliphatic rings. The number of imide groups is 1. The molecular formula is C15H18N4O2S. The summed E-state index contributed by atoms with van der Waals surface area (Å²) >= 11 is 1.26. The normalized spacial score (nSPS) is 12.2. The number of hydrogen-bond acceptors (Lipinski definition) is 5. The van der Waals surface area contributed by atoms with Crippen LogP contribution in [0.25, 0.3) is 11.0 Å². The van der Waals surface area contributed by atoms with Crippen LogP contribution in [-0.2, 0) is 4.79 Å². The zero-order valence-electron chi connectivity index (χ0n) is 12.7. The molecule has 0 saturated carbocycles. The number of urea groups is 1. The van der Waals surface area contributed by atoms with Gasteiger partial charge in [-0.1, -0.05) is 23.9 Å². The summed E-state index contributed by atoms with van der Waals surface area (Å²) in [5.74, 6) is -0.363. The highest BCUT2D eigenvalue weighted by molar-refractivity contribution is 8.00. The van der Waals surface area contributed by atoms with Crippen molar-refractivity contribution in [2.75, 3.05) is 0 Å². The summed E-state index contributed by atoms with van der Waals surface area (Å²) in [6.07, 6.45) is 1.63. The Hall–Kier alpha value is -2.15. The molecule has 2 aromatic rings. The van der Waals surface area contributed by atoms with E-state index in [0.717, 1.165) is 11.0 Å². The van der Waals surface area contributed by atoms with Crippen molar-refractivity contribution >= 4 is 34.7 Å². The van der Waals surface area contributed by atoms with Gasteiger partial charge in [0.15, 0.2) is 0 Å². The molecule has 3 amide bonds. The number of aromatic nitrogens is 2. The van der Waals surface area contributed by atoms with Crippen LogP contribution in [0, 0.1) is 0 Å². The van der Waals surface area contributed by atoms with Gasteiger partial charge in [0, 0.05) is 6.04 Å². The molecule has 0 spiro atoms. The van der Waals surface area contributed by atoms with Gasteiger partial charge < -0.3 is 5.32 Å². The summed E-state index contributed by atoms with van der Waals surface area (Å²) in [6, 6.07) is 7.01. The molecule has 2 N–H and O–H groups in total. The fraction of sp³-hybridized carbons (Fsp3) is 0.333. The van der Waals surface area contributed by atoms with E-state index in [1.54, 1.807) is 13.1 Å². The van der Waals surface area contributed by atoms with Gasteiger partial charge in [-0.05, 0) is 32.9 Å². The molecule has 116 valence electrons. The first kappa shape index (κ1) is 16.2. The number of carbonyl (C=O) groups is 2. The molecule has 0 aliphatic carbocycles. The van der Waals surface area contributed by atoms with Crippen LogP contribution < -0.4 is 10.6 Å². The van der Waals surface area contributed by atoms with Gasteiger partial charge in [0.05, 0.1) is 22.5 Å². The second-order valence-electron chi connectivity index (χ2n) is 5.07. The SMILES string of the molecule is CC(C)NC(=O)NC(=O)C(C)Sc1cnc2ccccc2n1. The van der Waals surface area contributed by atoms with E-state index in [4.69, 9.17) is 0 Å². The van der Waals surface area contributed by atoms with Crippen LogP contribution in [0.2, 0.25) is 0 Å². The molecule has 1 heterocycles. The molecule has 22 heavy (non-hydrogen) atoms. The largest absolute Gasteiger partial charge is 0.336 e. The van der Waals surface area contributed by atoms with Crippen LogP contribution in [0.5, 0.6) is 0 Å². The predicted octanol–water partition coefficient (Wildman–Crippen LogP) is 2.34. The summed E-state index contributed by atoms with van der Waals surface area (Å²) in [5.41, 5.74) is 1.58. The average molecular weight is 318 g/mol. The van der Waals surface area contributed by atoms with Crippen LogP contribution in [0.4, 0.5) is 4.79 Å². The minimum absolute atomic E-state index is 0.0258. The highest BCUT2D eigenvalue weighted by atomic mass is 32.2. The van der Waals surface area contributed by atoms with Crippen molar-refractivity contribution in [3.05, 3.63) is 30.5 Å². The van der Waals surface area contributed by atoms with Crippen molar-refractivity contribution in [3.8, 4) is 0 Å². The van der Waals surface area contributed by atoms with Gasteiger partial charge in [0.25, 0.3) is 0 Å². The lowest BCUT2D eigenvalue weighted by atomic mass is 10.3.